The van der Waals surface area contributed by atoms with E-state index in [9.17, 15) is 4.79 Å². The minimum Gasteiger partial charge on any atom is -0.308 e. The first-order chi connectivity index (χ1) is 15.3. The van der Waals surface area contributed by atoms with E-state index in [2.05, 4.69) is 35.9 Å². The van der Waals surface area contributed by atoms with Crippen molar-refractivity contribution >= 4 is 24.1 Å². The number of hydrogen-bond acceptors (Lipinski definition) is 9. The summed E-state index contributed by atoms with van der Waals surface area (Å²) in [6, 6.07) is 21.9. The van der Waals surface area contributed by atoms with Gasteiger partial charge in [0.25, 0.3) is 0 Å². The number of aromatic nitrogens is 4. The van der Waals surface area contributed by atoms with Gasteiger partial charge in [0, 0.05) is 24.8 Å². The SMILES string of the molecule is C(=N\Nc1ccccn1)/c1ccccn1.NNc1ccccn1.O=Cc1ccccn1. The molecule has 0 bridgehead atoms. The van der Waals surface area contributed by atoms with Crippen LogP contribution < -0.4 is 16.7 Å². The van der Waals surface area contributed by atoms with Gasteiger partial charge >= 0.3 is 0 Å². The Morgan fingerprint density at radius 2 is 1.19 bits per heavy atom. The average Bonchev–Trinajstić information content (AvgIpc) is 2.87. The Morgan fingerprint density at radius 3 is 1.58 bits per heavy atom. The smallest absolute Gasteiger partial charge is 0.168 e. The van der Waals surface area contributed by atoms with E-state index in [1.807, 2.05) is 48.5 Å². The largest absolute Gasteiger partial charge is 0.308 e. The summed E-state index contributed by atoms with van der Waals surface area (Å²) in [5, 5.41) is 4.01. The maximum absolute atomic E-state index is 9.94. The number of hydrogen-bond donors (Lipinski definition) is 3. The fourth-order valence-electron chi connectivity index (χ4n) is 1.94. The van der Waals surface area contributed by atoms with Crippen LogP contribution in [0.3, 0.4) is 0 Å². The van der Waals surface area contributed by atoms with Crippen LogP contribution in [-0.2, 0) is 0 Å². The molecular formula is C22H22N8O. The first-order valence-corrected chi connectivity index (χ1v) is 9.17. The molecule has 4 rings (SSSR count). The maximum Gasteiger partial charge on any atom is 0.168 e. The van der Waals surface area contributed by atoms with E-state index in [-0.39, 0.29) is 0 Å². The maximum atomic E-state index is 9.94. The molecule has 4 heterocycles. The Labute approximate surface area is 180 Å². The number of nitrogen functional groups attached to an aromatic ring is 1. The highest BCUT2D eigenvalue weighted by atomic mass is 16.1. The van der Waals surface area contributed by atoms with Crippen LogP contribution in [0.15, 0.2) is 103 Å². The van der Waals surface area contributed by atoms with Crippen LogP contribution in [0.4, 0.5) is 11.6 Å². The lowest BCUT2D eigenvalue weighted by Gasteiger charge is -1.96. The summed E-state index contributed by atoms with van der Waals surface area (Å²) in [4.78, 5) is 25.7. The zero-order chi connectivity index (χ0) is 22.0. The van der Waals surface area contributed by atoms with Crippen molar-refractivity contribution in [2.75, 3.05) is 10.9 Å². The molecule has 0 saturated carbocycles. The standard InChI is InChI=1S/C11H10N4.C6H5NO.C5H7N3/c1-3-7-12-10(5-1)9-14-15-11-6-2-4-8-13-11;8-5-6-3-1-2-4-7-6;6-8-5-3-1-2-4-7-5/h1-9H,(H,13,15);1-5H;1-4H,6H2,(H,7,8)/b14-9+;;. The van der Waals surface area contributed by atoms with Gasteiger partial charge in [0.05, 0.1) is 11.9 Å². The highest BCUT2D eigenvalue weighted by Gasteiger charge is 1.87. The number of nitrogens with zero attached hydrogens (tertiary/aromatic N) is 5. The lowest BCUT2D eigenvalue weighted by molar-refractivity contribution is 0.111. The lowest BCUT2D eigenvalue weighted by atomic mass is 10.4. The third kappa shape index (κ3) is 10.0. The van der Waals surface area contributed by atoms with Gasteiger partial charge in [-0.3, -0.25) is 20.2 Å². The Kier molecular flexibility index (Phi) is 10.7. The number of carbonyl (C=O) groups is 1. The summed E-state index contributed by atoms with van der Waals surface area (Å²) in [7, 11) is 0. The fourth-order valence-corrected chi connectivity index (χ4v) is 1.94. The van der Waals surface area contributed by atoms with Crippen molar-refractivity contribution < 1.29 is 4.79 Å². The second-order valence-corrected chi connectivity index (χ2v) is 5.57. The minimum absolute atomic E-state index is 0.479. The number of pyridine rings is 4. The van der Waals surface area contributed by atoms with Crippen molar-refractivity contribution in [3.05, 3.63) is 109 Å². The van der Waals surface area contributed by atoms with E-state index in [1.165, 1.54) is 0 Å². The highest BCUT2D eigenvalue weighted by molar-refractivity contribution is 5.77. The quantitative estimate of drug-likeness (QED) is 0.196. The van der Waals surface area contributed by atoms with Gasteiger partial charge in [-0.1, -0.05) is 24.3 Å². The van der Waals surface area contributed by atoms with Crippen LogP contribution >= 0.6 is 0 Å². The van der Waals surface area contributed by atoms with Crippen molar-refractivity contribution in [3.63, 3.8) is 0 Å². The summed E-state index contributed by atoms with van der Waals surface area (Å²) < 4.78 is 0. The molecule has 4 aromatic rings. The van der Waals surface area contributed by atoms with Gasteiger partial charge in [0.2, 0.25) is 0 Å². The number of hydrazone groups is 1. The number of anilines is 2. The molecule has 0 aromatic carbocycles. The van der Waals surface area contributed by atoms with Gasteiger partial charge in [0.15, 0.2) is 6.29 Å². The van der Waals surface area contributed by atoms with E-state index in [0.29, 0.717) is 17.3 Å². The molecule has 0 aliphatic heterocycles. The molecule has 0 amide bonds. The lowest BCUT2D eigenvalue weighted by Crippen LogP contribution is -2.07. The predicted molar refractivity (Wildman–Crippen MR) is 121 cm³/mol. The van der Waals surface area contributed by atoms with Crippen molar-refractivity contribution in [1.29, 1.82) is 0 Å². The summed E-state index contributed by atoms with van der Waals surface area (Å²) in [5.74, 6) is 6.44. The molecule has 0 fully saturated rings. The van der Waals surface area contributed by atoms with Gasteiger partial charge in [-0.15, -0.1) is 0 Å². The van der Waals surface area contributed by atoms with E-state index < -0.39 is 0 Å². The second kappa shape index (κ2) is 14.5. The molecule has 9 heteroatoms. The minimum atomic E-state index is 0.479. The van der Waals surface area contributed by atoms with Crippen LogP contribution in [0.2, 0.25) is 0 Å². The Balaban J connectivity index is 0.000000181. The molecule has 31 heavy (non-hydrogen) atoms. The molecule has 0 aliphatic rings. The third-order valence-corrected chi connectivity index (χ3v) is 3.35. The number of carbonyl (C=O) groups excluding carboxylic acids is 1. The van der Waals surface area contributed by atoms with Crippen molar-refractivity contribution in [2.24, 2.45) is 10.9 Å². The van der Waals surface area contributed by atoms with Gasteiger partial charge in [-0.2, -0.15) is 5.10 Å². The van der Waals surface area contributed by atoms with Crippen LogP contribution in [0, 0.1) is 0 Å². The number of aldehydes is 1. The predicted octanol–water partition coefficient (Wildman–Crippen LogP) is 3.18. The first-order valence-electron chi connectivity index (χ1n) is 9.17. The van der Waals surface area contributed by atoms with Crippen LogP contribution in [0.25, 0.3) is 0 Å². The Hall–Kier alpha value is -4.50. The van der Waals surface area contributed by atoms with Crippen molar-refractivity contribution in [2.45, 2.75) is 0 Å². The summed E-state index contributed by atoms with van der Waals surface area (Å²) in [6.45, 7) is 0. The van der Waals surface area contributed by atoms with Gasteiger partial charge in [0.1, 0.15) is 17.3 Å². The van der Waals surface area contributed by atoms with Gasteiger partial charge in [-0.25, -0.2) is 15.8 Å². The van der Waals surface area contributed by atoms with E-state index in [0.717, 1.165) is 12.0 Å². The molecular weight excluding hydrogens is 392 g/mol. The topological polar surface area (TPSA) is 131 Å². The molecule has 4 N–H and O–H groups in total. The second-order valence-electron chi connectivity index (χ2n) is 5.57. The van der Waals surface area contributed by atoms with E-state index in [4.69, 9.17) is 5.84 Å². The Bertz CT molecular complexity index is 1000. The molecule has 4 aromatic heterocycles. The van der Waals surface area contributed by atoms with Crippen LogP contribution in [0.1, 0.15) is 16.2 Å². The van der Waals surface area contributed by atoms with E-state index >= 15 is 0 Å². The molecule has 0 atom stereocenters. The van der Waals surface area contributed by atoms with Crippen molar-refractivity contribution in [3.8, 4) is 0 Å². The van der Waals surface area contributed by atoms with Crippen LogP contribution in [0.5, 0.6) is 0 Å². The number of hydrazine groups is 1. The highest BCUT2D eigenvalue weighted by Crippen LogP contribution is 1.99. The fraction of sp³-hybridized carbons (Fsp3) is 0. The summed E-state index contributed by atoms with van der Waals surface area (Å²) >= 11 is 0. The molecule has 0 unspecified atom stereocenters. The molecule has 0 aliphatic carbocycles. The van der Waals surface area contributed by atoms with Gasteiger partial charge < -0.3 is 5.43 Å². The Morgan fingerprint density at radius 1 is 0.677 bits per heavy atom. The number of nitrogens with two attached hydrogens (primary N) is 1. The normalized spacial score (nSPS) is 9.45. The first kappa shape index (κ1) is 22.8. The summed E-state index contributed by atoms with van der Waals surface area (Å²) in [6.07, 6.45) is 9.06. The zero-order valence-corrected chi connectivity index (χ0v) is 16.6. The molecule has 0 saturated heterocycles. The average molecular weight is 414 g/mol. The monoisotopic (exact) mass is 414 g/mol. The van der Waals surface area contributed by atoms with Crippen molar-refractivity contribution in [1.82, 2.24) is 19.9 Å². The third-order valence-electron chi connectivity index (χ3n) is 3.35. The summed E-state index contributed by atoms with van der Waals surface area (Å²) in [5.41, 5.74) is 6.51. The zero-order valence-electron chi connectivity index (χ0n) is 16.6. The number of nitrogens with one attached hydrogen (secondary N) is 2. The molecule has 9 nitrogen and oxygen atoms in total. The van der Waals surface area contributed by atoms with E-state index in [1.54, 1.807) is 55.3 Å². The molecule has 0 radical (unpaired) electrons. The number of rotatable bonds is 5. The van der Waals surface area contributed by atoms with Gasteiger partial charge in [-0.05, 0) is 48.5 Å². The molecule has 156 valence electrons. The van der Waals surface area contributed by atoms with Crippen LogP contribution in [-0.4, -0.2) is 32.4 Å². The molecule has 0 spiro atoms.